The minimum Gasteiger partial charge on any atom is -0.508 e. The van der Waals surface area contributed by atoms with Crippen molar-refractivity contribution in [2.75, 3.05) is 39.4 Å². The Bertz CT molecular complexity index is 4190. The summed E-state index contributed by atoms with van der Waals surface area (Å²) in [7, 11) is 0. The number of aromatic amines is 1. The zero-order valence-corrected chi connectivity index (χ0v) is 71.1. The van der Waals surface area contributed by atoms with Crippen molar-refractivity contribution in [1.82, 2.24) is 79.0 Å². The summed E-state index contributed by atoms with van der Waals surface area (Å²) < 4.78 is 0. The molecule has 0 aliphatic carbocycles. The number of phenolic OH excluding ortho intramolecular Hbond substituents is 1. The van der Waals surface area contributed by atoms with Crippen LogP contribution in [-0.4, -0.2) is 248 Å². The number of primary amides is 1. The molecule has 2 aliphatic heterocycles. The lowest BCUT2D eigenvalue weighted by molar-refractivity contribution is -0.143. The van der Waals surface area contributed by atoms with Crippen LogP contribution in [0.25, 0.3) is 10.9 Å². The largest absolute Gasteiger partial charge is 0.508 e. The molecule has 38 nitrogen and oxygen atoms in total. The Morgan fingerprint density at radius 2 is 1.16 bits per heavy atom. The van der Waals surface area contributed by atoms with Gasteiger partial charge in [-0.05, 0) is 93.2 Å². The normalized spacial score (nSPS) is 19.7. The monoisotopic (exact) mass is 1730 g/mol. The molecule has 2 aliphatic rings. The van der Waals surface area contributed by atoms with Crippen LogP contribution < -0.4 is 80.6 Å². The Balaban J connectivity index is 1.19. The molecule has 38 heteroatoms. The van der Waals surface area contributed by atoms with Gasteiger partial charge < -0.3 is 116 Å². The maximum Gasteiger partial charge on any atom is 0.290 e. The van der Waals surface area contributed by atoms with Gasteiger partial charge in [-0.2, -0.15) is 0 Å². The Hall–Kier alpha value is -11.6. The molecule has 3 heterocycles. The minimum absolute atomic E-state index is 0.0246. The molecule has 0 radical (unpaired) electrons. The van der Waals surface area contributed by atoms with Crippen LogP contribution in [0.4, 0.5) is 0 Å². The van der Waals surface area contributed by atoms with Crippen molar-refractivity contribution in [1.29, 1.82) is 5.41 Å². The summed E-state index contributed by atoms with van der Waals surface area (Å²) in [5, 5.41) is 94.6. The fraction of sp³-hybridized carbons (Fsp3) is 0.581. The third-order valence-electron chi connectivity index (χ3n) is 21.7. The highest BCUT2D eigenvalue weighted by Gasteiger charge is 2.44. The summed E-state index contributed by atoms with van der Waals surface area (Å²) in [6.07, 6.45) is 11.5. The summed E-state index contributed by atoms with van der Waals surface area (Å²) in [4.78, 5) is 216. The first kappa shape index (κ1) is 101. The van der Waals surface area contributed by atoms with Crippen LogP contribution in [-0.2, 0) is 91.2 Å². The highest BCUT2D eigenvalue weighted by Crippen LogP contribution is 2.24. The number of ketones is 1. The van der Waals surface area contributed by atoms with E-state index in [1.807, 2.05) is 11.4 Å². The standard InChI is InChI=1S/C86H128N18O20/c1-4-6-8-9-10-11-12-13-14-15-16-17-21-34-71(111)93-48-70(110)83(122)102-68(51-106)81(120)101-67(50-105)80(119)98-65(44-54-35-37-56(108)38-36-54)79(118)103-73(52(3)107)84(123)96-61(30-7-5-2)75(114)97-63-39-40-72(112)90-41-25-24-32-60(74(87)113)94-78(117)66(45-55-47-92-59-31-23-22-29-58(55)59)99-76(115)62(33-26-42-91-86(88)89)95-77(116)64(43-53-27-19-18-20-28-53)100-82(121)69-46-57(109)49-104(69)85(63)124/h18-20,22-23,27-29,31,35-38,47,52,57,60-69,73,92,105-109H,4-17,21,24-26,30,32-34,39-46,48-51H2,1-3H3,(H2,87,113)(H,90,112)(H,93,111)(H,94,117)(H,95,116)(H,96,123)(H,97,114)(H,98,119)(H,99,115)(H,100,121)(H,101,120)(H,102,122)(H,103,118)(H4,88,89,91)/t52?,57-,60+,61+,62+,63+,64-,65+,66+,67+,68+,69+,73+/m1/s1. The average molecular weight is 1730 g/mol. The van der Waals surface area contributed by atoms with Gasteiger partial charge in [0, 0.05) is 75.3 Å². The summed E-state index contributed by atoms with van der Waals surface area (Å²) in [5.74, 6) is -15.8. The fourth-order valence-corrected chi connectivity index (χ4v) is 14.6. The smallest absolute Gasteiger partial charge is 0.290 e. The Labute approximate surface area is 721 Å². The number of benzene rings is 3. The van der Waals surface area contributed by atoms with Gasteiger partial charge in [0.2, 0.25) is 82.6 Å². The highest BCUT2D eigenvalue weighted by atomic mass is 16.3. The molecule has 1 aromatic heterocycles. The number of nitrogens with two attached hydrogens (primary N) is 2. The number of nitrogens with one attached hydrogen (secondary N) is 15. The van der Waals surface area contributed by atoms with Gasteiger partial charge in [-0.1, -0.05) is 164 Å². The quantitative estimate of drug-likeness (QED) is 0.0112. The van der Waals surface area contributed by atoms with E-state index in [0.717, 1.165) is 49.3 Å². The summed E-state index contributed by atoms with van der Waals surface area (Å²) >= 11 is 0. The minimum atomic E-state index is -1.96. The number of rotatable bonds is 45. The molecule has 6 rings (SSSR count). The predicted octanol–water partition coefficient (Wildman–Crippen LogP) is -0.738. The molecule has 0 spiro atoms. The SMILES string of the molecule is CCCCCCCCCCCCCCCC(=O)NCC(=O)C(=O)N[C@@H](CO)C(=O)N[C@@H](CO)C(=O)N[C@@H](Cc1ccc(O)cc1)C(=O)N[C@H](C(=O)N[C@@H](CCCC)C(=O)N[C@H]1CCC(=O)NCCCC[C@@H](C(N)=O)NC(=O)[C@H](Cc2c[nH]c3ccccc23)NC(=O)[C@H](CCCNC(=N)N)NC(=O)[C@@H](Cc2ccccc2)NC(=O)[C@@H]2C[C@@H](O)CN2C1=O)C(C)O. The van der Waals surface area contributed by atoms with Crippen molar-refractivity contribution in [2.45, 2.75) is 279 Å². The van der Waals surface area contributed by atoms with Gasteiger partial charge in [0.25, 0.3) is 5.91 Å². The van der Waals surface area contributed by atoms with Crippen molar-refractivity contribution in [3.05, 3.63) is 102 Å². The molecule has 2 saturated heterocycles. The molecular formula is C86H128N18O20. The van der Waals surface area contributed by atoms with E-state index in [1.54, 1.807) is 61.7 Å². The molecule has 3 aromatic carbocycles. The average Bonchev–Trinajstić information content (AvgIpc) is 1.64. The van der Waals surface area contributed by atoms with Gasteiger partial charge in [-0.15, -0.1) is 0 Å². The number of aromatic nitrogens is 1. The Morgan fingerprint density at radius 3 is 1.80 bits per heavy atom. The number of hydrogen-bond donors (Lipinski definition) is 22. The molecule has 0 bridgehead atoms. The summed E-state index contributed by atoms with van der Waals surface area (Å²) in [6.45, 7) is 1.53. The van der Waals surface area contributed by atoms with E-state index in [-0.39, 0.29) is 94.6 Å². The number of nitrogens with zero attached hydrogens (tertiary/aromatic N) is 1. The number of phenols is 1. The van der Waals surface area contributed by atoms with E-state index in [4.69, 9.17) is 16.9 Å². The van der Waals surface area contributed by atoms with E-state index in [9.17, 15) is 87.9 Å². The zero-order chi connectivity index (χ0) is 90.6. The number of aliphatic hydroxyl groups excluding tert-OH is 4. The van der Waals surface area contributed by atoms with Crippen molar-refractivity contribution < 1.29 is 97.5 Å². The van der Waals surface area contributed by atoms with Crippen LogP contribution >= 0.6 is 0 Å². The van der Waals surface area contributed by atoms with E-state index in [1.165, 1.54) is 69.2 Å². The second kappa shape index (κ2) is 54.1. The number of carbonyl (C=O) groups is 15. The molecule has 1 unspecified atom stereocenters. The molecule has 14 amide bonds. The molecule has 0 saturated carbocycles. The first-order valence-corrected chi connectivity index (χ1v) is 43.2. The first-order valence-electron chi connectivity index (χ1n) is 43.2. The van der Waals surface area contributed by atoms with E-state index in [2.05, 4.69) is 75.7 Å². The third-order valence-corrected chi connectivity index (χ3v) is 21.7. The molecule has 682 valence electrons. The molecule has 4 aromatic rings. The number of unbranched alkanes of at least 4 members (excludes halogenated alkanes) is 13. The number of para-hydroxylation sites is 1. The molecule has 124 heavy (non-hydrogen) atoms. The van der Waals surface area contributed by atoms with Crippen molar-refractivity contribution in [3.63, 3.8) is 0 Å². The Kier molecular flexibility index (Phi) is 44.1. The van der Waals surface area contributed by atoms with Crippen LogP contribution in [0.15, 0.2) is 85.1 Å². The number of aromatic hydroxyl groups is 1. The number of fused-ring (bicyclic) bond motifs is 2. The topological polar surface area (TPSA) is 609 Å². The van der Waals surface area contributed by atoms with Crippen molar-refractivity contribution in [3.8, 4) is 5.75 Å². The van der Waals surface area contributed by atoms with Crippen molar-refractivity contribution >= 4 is 105 Å². The molecule has 13 atom stereocenters. The molecule has 24 N–H and O–H groups in total. The number of guanidine groups is 1. The third kappa shape index (κ3) is 34.9. The van der Waals surface area contributed by atoms with Crippen LogP contribution in [0.3, 0.4) is 0 Å². The maximum atomic E-state index is 15.3. The van der Waals surface area contributed by atoms with Crippen LogP contribution in [0.2, 0.25) is 0 Å². The van der Waals surface area contributed by atoms with Crippen LogP contribution in [0.5, 0.6) is 5.75 Å². The van der Waals surface area contributed by atoms with Gasteiger partial charge in [0.15, 0.2) is 5.96 Å². The van der Waals surface area contributed by atoms with Crippen molar-refractivity contribution in [2.24, 2.45) is 11.5 Å². The lowest BCUT2D eigenvalue weighted by Crippen LogP contribution is -2.62. The number of hydrogen-bond acceptors (Lipinski definition) is 21. The first-order chi connectivity index (χ1) is 59.4. The van der Waals surface area contributed by atoms with Gasteiger partial charge in [0.1, 0.15) is 72.2 Å². The number of carbonyl (C=O) groups excluding carboxylic acids is 15. The van der Waals surface area contributed by atoms with Gasteiger partial charge in [0.05, 0.1) is 32.0 Å². The summed E-state index contributed by atoms with van der Waals surface area (Å²) in [6, 6.07) is 2.64. The van der Waals surface area contributed by atoms with E-state index >= 15 is 9.59 Å². The second-order valence-corrected chi connectivity index (χ2v) is 31.7. The fourth-order valence-electron chi connectivity index (χ4n) is 14.6. The van der Waals surface area contributed by atoms with Crippen LogP contribution in [0, 0.1) is 5.41 Å². The van der Waals surface area contributed by atoms with E-state index in [0.29, 0.717) is 29.5 Å². The maximum absolute atomic E-state index is 15.3. The predicted molar refractivity (Wildman–Crippen MR) is 458 cm³/mol. The highest BCUT2D eigenvalue weighted by molar-refractivity contribution is 6.37. The number of Topliss-reactive ketones (excluding diaryl/α,β-unsaturated/α-hetero) is 1. The zero-order valence-electron chi connectivity index (χ0n) is 71.1. The van der Waals surface area contributed by atoms with Gasteiger partial charge >= 0.3 is 0 Å². The van der Waals surface area contributed by atoms with Gasteiger partial charge in [-0.25, -0.2) is 0 Å². The number of amides is 14. The van der Waals surface area contributed by atoms with E-state index < -0.39 is 219 Å². The second-order valence-electron chi connectivity index (χ2n) is 31.7. The Morgan fingerprint density at radius 1 is 0.589 bits per heavy atom. The summed E-state index contributed by atoms with van der Waals surface area (Å²) in [5.41, 5.74) is 13.6. The molecular weight excluding hydrogens is 1610 g/mol. The number of aliphatic hydroxyl groups is 4. The lowest BCUT2D eigenvalue weighted by Gasteiger charge is -2.31. The number of H-pyrrole nitrogens is 1. The van der Waals surface area contributed by atoms with Crippen LogP contribution in [0.1, 0.15) is 198 Å². The lowest BCUT2D eigenvalue weighted by atomic mass is 10.0. The van der Waals surface area contributed by atoms with Gasteiger partial charge in [-0.3, -0.25) is 77.3 Å². The molecule has 2 fully saturated rings.